The fourth-order valence-corrected chi connectivity index (χ4v) is 3.18. The second-order valence-electron chi connectivity index (χ2n) is 6.17. The van der Waals surface area contributed by atoms with Gasteiger partial charge >= 0.3 is 0 Å². The van der Waals surface area contributed by atoms with E-state index in [1.165, 1.54) is 16.0 Å². The predicted molar refractivity (Wildman–Crippen MR) is 86.4 cm³/mol. The summed E-state index contributed by atoms with van der Waals surface area (Å²) < 4.78 is 5.35. The number of hydrogen-bond acceptors (Lipinski definition) is 3. The highest BCUT2D eigenvalue weighted by Crippen LogP contribution is 2.34. The highest BCUT2D eigenvalue weighted by atomic mass is 32.1. The van der Waals surface area contributed by atoms with E-state index in [1.54, 1.807) is 18.4 Å². The summed E-state index contributed by atoms with van der Waals surface area (Å²) in [5, 5.41) is 1.04. The molecule has 1 unspecified atom stereocenters. The van der Waals surface area contributed by atoms with Gasteiger partial charge in [-0.25, -0.2) is 4.98 Å². The number of ether oxygens (including phenoxy) is 1. The molecule has 0 aliphatic heterocycles. The molecule has 0 N–H and O–H groups in total. The van der Waals surface area contributed by atoms with Crippen molar-refractivity contribution in [3.8, 4) is 10.4 Å². The molecule has 0 aliphatic carbocycles. The van der Waals surface area contributed by atoms with Crippen molar-refractivity contribution in [2.45, 2.75) is 46.1 Å². The van der Waals surface area contributed by atoms with E-state index >= 15 is 0 Å². The summed E-state index contributed by atoms with van der Waals surface area (Å²) in [6.45, 7) is 10.8. The van der Waals surface area contributed by atoms with Crippen molar-refractivity contribution in [3.05, 3.63) is 40.5 Å². The van der Waals surface area contributed by atoms with Crippen LogP contribution in [0.3, 0.4) is 0 Å². The quantitative estimate of drug-likeness (QED) is 0.782. The van der Waals surface area contributed by atoms with Crippen LogP contribution in [0.15, 0.2) is 24.3 Å². The molecule has 2 nitrogen and oxygen atoms in total. The average Bonchev–Trinajstić information content (AvgIpc) is 2.79. The summed E-state index contributed by atoms with van der Waals surface area (Å²) in [4.78, 5) is 5.86. The minimum absolute atomic E-state index is 0.0568. The van der Waals surface area contributed by atoms with Gasteiger partial charge in [-0.15, -0.1) is 11.3 Å². The van der Waals surface area contributed by atoms with Gasteiger partial charge in [0.1, 0.15) is 11.1 Å². The zero-order valence-electron chi connectivity index (χ0n) is 13.2. The summed E-state index contributed by atoms with van der Waals surface area (Å²) in [5.41, 5.74) is 3.87. The van der Waals surface area contributed by atoms with Crippen molar-refractivity contribution in [1.29, 1.82) is 0 Å². The highest BCUT2D eigenvalue weighted by molar-refractivity contribution is 7.15. The third-order valence-electron chi connectivity index (χ3n) is 3.53. The summed E-state index contributed by atoms with van der Waals surface area (Å²) in [7, 11) is 1.72. The van der Waals surface area contributed by atoms with Crippen LogP contribution in [0.25, 0.3) is 10.4 Å². The molecule has 1 aromatic heterocycles. The number of rotatable bonds is 3. The first-order chi connectivity index (χ1) is 9.32. The Bertz CT molecular complexity index is 578. The van der Waals surface area contributed by atoms with Crippen LogP contribution in [0.5, 0.6) is 0 Å². The summed E-state index contributed by atoms with van der Waals surface area (Å²) in [6.07, 6.45) is 0.0568. The maximum Gasteiger partial charge on any atom is 0.122 e. The Hall–Kier alpha value is -1.19. The molecule has 0 fully saturated rings. The van der Waals surface area contributed by atoms with Gasteiger partial charge in [-0.1, -0.05) is 45.0 Å². The predicted octanol–water partition coefficient (Wildman–Crippen LogP) is 5.12. The van der Waals surface area contributed by atoms with Gasteiger partial charge in [-0.2, -0.15) is 0 Å². The van der Waals surface area contributed by atoms with Gasteiger partial charge in [0, 0.05) is 7.11 Å². The first-order valence-electron chi connectivity index (χ1n) is 6.94. The highest BCUT2D eigenvalue weighted by Gasteiger charge is 2.16. The van der Waals surface area contributed by atoms with Gasteiger partial charge in [0.2, 0.25) is 0 Å². The average molecular weight is 289 g/mol. The number of thiazole rings is 1. The van der Waals surface area contributed by atoms with Gasteiger partial charge in [-0.05, 0) is 30.4 Å². The first-order valence-corrected chi connectivity index (χ1v) is 7.75. The maximum atomic E-state index is 5.35. The zero-order valence-corrected chi connectivity index (χ0v) is 14.0. The molecule has 108 valence electrons. The Morgan fingerprint density at radius 1 is 1.15 bits per heavy atom. The molecule has 1 aromatic carbocycles. The Morgan fingerprint density at radius 2 is 1.75 bits per heavy atom. The van der Waals surface area contributed by atoms with Crippen LogP contribution >= 0.6 is 11.3 Å². The lowest BCUT2D eigenvalue weighted by molar-refractivity contribution is 0.119. The topological polar surface area (TPSA) is 22.1 Å². The van der Waals surface area contributed by atoms with E-state index in [-0.39, 0.29) is 11.5 Å². The molecule has 0 radical (unpaired) electrons. The molecule has 3 heteroatoms. The second-order valence-corrected chi connectivity index (χ2v) is 7.20. The van der Waals surface area contributed by atoms with Crippen LogP contribution in [0.1, 0.15) is 50.1 Å². The third-order valence-corrected chi connectivity index (χ3v) is 4.90. The minimum Gasteiger partial charge on any atom is -0.375 e. The molecular weight excluding hydrogens is 266 g/mol. The van der Waals surface area contributed by atoms with Crippen LogP contribution in [-0.2, 0) is 10.2 Å². The van der Waals surface area contributed by atoms with Crippen molar-refractivity contribution in [1.82, 2.24) is 4.98 Å². The van der Waals surface area contributed by atoms with E-state index < -0.39 is 0 Å². The molecule has 0 aliphatic rings. The van der Waals surface area contributed by atoms with E-state index in [0.29, 0.717) is 0 Å². The van der Waals surface area contributed by atoms with E-state index in [9.17, 15) is 0 Å². The number of benzene rings is 1. The molecule has 2 aromatic rings. The molecule has 0 saturated heterocycles. The molecule has 0 spiro atoms. The normalized spacial score (nSPS) is 13.5. The largest absolute Gasteiger partial charge is 0.375 e. The van der Waals surface area contributed by atoms with Gasteiger partial charge in [0.25, 0.3) is 0 Å². The van der Waals surface area contributed by atoms with Crippen LogP contribution in [0, 0.1) is 6.92 Å². The van der Waals surface area contributed by atoms with Gasteiger partial charge in [0.05, 0.1) is 10.6 Å². The molecular formula is C17H23NOS. The molecule has 20 heavy (non-hydrogen) atoms. The fourth-order valence-electron chi connectivity index (χ4n) is 2.08. The molecule has 2 rings (SSSR count). The van der Waals surface area contributed by atoms with E-state index in [2.05, 4.69) is 56.9 Å². The lowest BCUT2D eigenvalue weighted by Crippen LogP contribution is -2.10. The van der Waals surface area contributed by atoms with Crippen LogP contribution in [-0.4, -0.2) is 12.1 Å². The number of hydrogen-bond donors (Lipinski definition) is 0. The number of methoxy groups -OCH3 is 1. The van der Waals surface area contributed by atoms with Gasteiger partial charge < -0.3 is 4.74 Å². The second kappa shape index (κ2) is 5.66. The molecule has 1 atom stereocenters. The van der Waals surface area contributed by atoms with Crippen molar-refractivity contribution < 1.29 is 4.74 Å². The Kier molecular flexibility index (Phi) is 4.31. The molecule has 0 amide bonds. The SMILES string of the molecule is COC(C)c1nc(C)c(-c2ccc(C(C)(C)C)cc2)s1. The number of aryl methyl sites for hydroxylation is 1. The van der Waals surface area contributed by atoms with E-state index in [1.807, 2.05) is 6.92 Å². The smallest absolute Gasteiger partial charge is 0.122 e. The maximum absolute atomic E-state index is 5.35. The lowest BCUT2D eigenvalue weighted by Gasteiger charge is -2.19. The molecule has 0 bridgehead atoms. The van der Waals surface area contributed by atoms with Crippen LogP contribution in [0.4, 0.5) is 0 Å². The monoisotopic (exact) mass is 289 g/mol. The number of aromatic nitrogens is 1. The van der Waals surface area contributed by atoms with Crippen molar-refractivity contribution >= 4 is 11.3 Å². The summed E-state index contributed by atoms with van der Waals surface area (Å²) in [5.74, 6) is 0. The van der Waals surface area contributed by atoms with E-state index in [0.717, 1.165) is 10.7 Å². The van der Waals surface area contributed by atoms with Crippen molar-refractivity contribution in [2.75, 3.05) is 7.11 Å². The van der Waals surface area contributed by atoms with Gasteiger partial charge in [-0.3, -0.25) is 0 Å². The minimum atomic E-state index is 0.0568. The summed E-state index contributed by atoms with van der Waals surface area (Å²) >= 11 is 1.72. The van der Waals surface area contributed by atoms with E-state index in [4.69, 9.17) is 4.74 Å². The van der Waals surface area contributed by atoms with Gasteiger partial charge in [0.15, 0.2) is 0 Å². The Balaban J connectivity index is 2.35. The standard InChI is InChI=1S/C17H23NOS/c1-11-15(20-16(18-11)12(2)19-6)13-7-9-14(10-8-13)17(3,4)5/h7-10,12H,1-6H3. The van der Waals surface area contributed by atoms with Crippen LogP contribution < -0.4 is 0 Å². The number of nitrogens with zero attached hydrogens (tertiary/aromatic N) is 1. The van der Waals surface area contributed by atoms with Crippen LogP contribution in [0.2, 0.25) is 0 Å². The Labute approximate surface area is 125 Å². The fraction of sp³-hybridized carbons (Fsp3) is 0.471. The summed E-state index contributed by atoms with van der Waals surface area (Å²) in [6, 6.07) is 8.83. The first kappa shape index (κ1) is 15.2. The molecule has 0 saturated carbocycles. The lowest BCUT2D eigenvalue weighted by atomic mass is 9.86. The molecule has 1 heterocycles. The van der Waals surface area contributed by atoms with Crippen molar-refractivity contribution in [3.63, 3.8) is 0 Å². The third kappa shape index (κ3) is 3.10. The van der Waals surface area contributed by atoms with Crippen molar-refractivity contribution in [2.24, 2.45) is 0 Å². The Morgan fingerprint density at radius 3 is 2.25 bits per heavy atom. The zero-order chi connectivity index (χ0) is 14.9.